The minimum Gasteiger partial charge on any atom is -0.379 e. The number of hydrogen-bond acceptors (Lipinski definition) is 5. The van der Waals surface area contributed by atoms with Crippen molar-refractivity contribution in [3.8, 4) is 0 Å². The predicted molar refractivity (Wildman–Crippen MR) is 104 cm³/mol. The molecule has 3 rings (SSSR count). The summed E-state index contributed by atoms with van der Waals surface area (Å²) in [5.74, 6) is 1.70. The molecule has 1 aromatic heterocycles. The van der Waals surface area contributed by atoms with Crippen molar-refractivity contribution in [1.82, 2.24) is 15.4 Å². The molecule has 2 aliphatic rings. The number of aromatic nitrogens is 1. The Morgan fingerprint density at radius 3 is 2.81 bits per heavy atom. The number of hydrogen-bond donors (Lipinski definition) is 2. The summed E-state index contributed by atoms with van der Waals surface area (Å²) in [4.78, 5) is 14.7. The van der Waals surface area contributed by atoms with Crippen molar-refractivity contribution >= 4 is 5.91 Å². The fraction of sp³-hybridized carbons (Fsp3) is 0.810. The lowest BCUT2D eigenvalue weighted by atomic mass is 9.86. The van der Waals surface area contributed by atoms with E-state index in [0.29, 0.717) is 18.9 Å². The van der Waals surface area contributed by atoms with Gasteiger partial charge in [0.1, 0.15) is 0 Å². The van der Waals surface area contributed by atoms with E-state index in [1.54, 1.807) is 0 Å². The van der Waals surface area contributed by atoms with E-state index < -0.39 is 5.60 Å². The maximum absolute atomic E-state index is 12.9. The van der Waals surface area contributed by atoms with Crippen LogP contribution in [0, 0.1) is 5.92 Å². The Labute approximate surface area is 162 Å². The van der Waals surface area contributed by atoms with Crippen LogP contribution in [0.15, 0.2) is 10.6 Å². The van der Waals surface area contributed by atoms with Crippen LogP contribution in [0.1, 0.15) is 82.6 Å². The van der Waals surface area contributed by atoms with Gasteiger partial charge in [-0.15, -0.1) is 0 Å². The lowest BCUT2D eigenvalue weighted by Crippen LogP contribution is -2.58. The normalized spacial score (nSPS) is 24.7. The molecule has 2 fully saturated rings. The molecule has 2 heterocycles. The maximum atomic E-state index is 12.9. The number of aliphatic hydroxyl groups is 1. The van der Waals surface area contributed by atoms with Crippen LogP contribution in [-0.2, 0) is 11.3 Å². The molecule has 1 atom stereocenters. The van der Waals surface area contributed by atoms with Gasteiger partial charge in [-0.25, -0.2) is 0 Å². The predicted octanol–water partition coefficient (Wildman–Crippen LogP) is 3.21. The highest BCUT2D eigenvalue weighted by Crippen LogP contribution is 2.28. The number of nitrogens with one attached hydrogen (secondary N) is 1. The highest BCUT2D eigenvalue weighted by molar-refractivity contribution is 5.86. The van der Waals surface area contributed by atoms with Gasteiger partial charge in [-0.2, -0.15) is 0 Å². The zero-order valence-electron chi connectivity index (χ0n) is 16.9. The molecule has 1 aromatic rings. The molecule has 0 radical (unpaired) electrons. The minimum atomic E-state index is -1.30. The van der Waals surface area contributed by atoms with Gasteiger partial charge < -0.3 is 19.8 Å². The van der Waals surface area contributed by atoms with Crippen LogP contribution in [0.25, 0.3) is 0 Å². The summed E-state index contributed by atoms with van der Waals surface area (Å²) in [6.07, 6.45) is 9.05. The standard InChI is InChI=1S/C21H35N3O3/c1-16(2)19-13-18(27-23-19)14-22-15-21(26)10-6-11-24(20(21)25)12-9-17-7-4-3-5-8-17/h13,16-17,22,26H,3-12,14-15H2,1-2H3. The van der Waals surface area contributed by atoms with Crippen molar-refractivity contribution in [3.05, 3.63) is 17.5 Å². The van der Waals surface area contributed by atoms with Crippen molar-refractivity contribution in [2.75, 3.05) is 19.6 Å². The number of rotatable bonds is 8. The monoisotopic (exact) mass is 377 g/mol. The van der Waals surface area contributed by atoms with Crippen LogP contribution >= 0.6 is 0 Å². The molecule has 1 saturated carbocycles. The van der Waals surface area contributed by atoms with Crippen LogP contribution in [0.3, 0.4) is 0 Å². The number of likely N-dealkylation sites (tertiary alicyclic amines) is 1. The Kier molecular flexibility index (Phi) is 6.93. The zero-order valence-corrected chi connectivity index (χ0v) is 16.9. The SMILES string of the molecule is CC(C)c1cc(CNCC2(O)CCCN(CCC3CCCCC3)C2=O)on1. The summed E-state index contributed by atoms with van der Waals surface area (Å²) in [6.45, 7) is 6.42. The molecule has 6 heteroatoms. The first-order chi connectivity index (χ1) is 13.0. The van der Waals surface area contributed by atoms with Crippen molar-refractivity contribution in [2.24, 2.45) is 5.92 Å². The van der Waals surface area contributed by atoms with Crippen molar-refractivity contribution in [3.63, 3.8) is 0 Å². The summed E-state index contributed by atoms with van der Waals surface area (Å²) in [6, 6.07) is 1.93. The number of nitrogens with zero attached hydrogens (tertiary/aromatic N) is 2. The van der Waals surface area contributed by atoms with Crippen LogP contribution < -0.4 is 5.32 Å². The molecule has 27 heavy (non-hydrogen) atoms. The van der Waals surface area contributed by atoms with Crippen LogP contribution in [-0.4, -0.2) is 46.3 Å². The molecule has 1 aliphatic carbocycles. The molecule has 2 N–H and O–H groups in total. The van der Waals surface area contributed by atoms with E-state index in [1.165, 1.54) is 32.1 Å². The van der Waals surface area contributed by atoms with E-state index in [1.807, 2.05) is 11.0 Å². The quantitative estimate of drug-likeness (QED) is 0.727. The molecule has 1 unspecified atom stereocenters. The van der Waals surface area contributed by atoms with Crippen molar-refractivity contribution in [1.29, 1.82) is 0 Å². The van der Waals surface area contributed by atoms with Crippen molar-refractivity contribution < 1.29 is 14.4 Å². The maximum Gasteiger partial charge on any atom is 0.255 e. The molecular weight excluding hydrogens is 342 g/mol. The average molecular weight is 378 g/mol. The Hall–Kier alpha value is -1.40. The second-order valence-corrected chi connectivity index (χ2v) is 8.70. The Balaban J connectivity index is 1.47. The molecule has 1 amide bonds. The molecule has 6 nitrogen and oxygen atoms in total. The molecule has 0 spiro atoms. The molecule has 1 aliphatic heterocycles. The van der Waals surface area contributed by atoms with E-state index in [2.05, 4.69) is 24.3 Å². The van der Waals surface area contributed by atoms with Gasteiger partial charge in [-0.3, -0.25) is 4.79 Å². The smallest absolute Gasteiger partial charge is 0.255 e. The second kappa shape index (κ2) is 9.20. The first-order valence-corrected chi connectivity index (χ1v) is 10.7. The Morgan fingerprint density at radius 2 is 2.11 bits per heavy atom. The van der Waals surface area contributed by atoms with E-state index in [-0.39, 0.29) is 12.5 Å². The van der Waals surface area contributed by atoms with Gasteiger partial charge in [0.2, 0.25) is 0 Å². The Morgan fingerprint density at radius 1 is 1.33 bits per heavy atom. The lowest BCUT2D eigenvalue weighted by molar-refractivity contribution is -0.156. The summed E-state index contributed by atoms with van der Waals surface area (Å²) >= 11 is 0. The first kappa shape index (κ1) is 20.3. The first-order valence-electron chi connectivity index (χ1n) is 10.7. The number of carbonyl (C=O) groups excluding carboxylic acids is 1. The van der Waals surface area contributed by atoms with Gasteiger partial charge in [0, 0.05) is 25.7 Å². The van der Waals surface area contributed by atoms with Crippen LogP contribution in [0.5, 0.6) is 0 Å². The highest BCUT2D eigenvalue weighted by atomic mass is 16.5. The topological polar surface area (TPSA) is 78.6 Å². The fourth-order valence-corrected chi connectivity index (χ4v) is 4.33. The van der Waals surface area contributed by atoms with Crippen LogP contribution in [0.2, 0.25) is 0 Å². The molecule has 0 bridgehead atoms. The fourth-order valence-electron chi connectivity index (χ4n) is 4.33. The minimum absolute atomic E-state index is 0.113. The second-order valence-electron chi connectivity index (χ2n) is 8.70. The summed E-state index contributed by atoms with van der Waals surface area (Å²) in [5.41, 5.74) is -0.376. The third-order valence-electron chi connectivity index (χ3n) is 6.12. The van der Waals surface area contributed by atoms with E-state index >= 15 is 0 Å². The van der Waals surface area contributed by atoms with E-state index in [4.69, 9.17) is 4.52 Å². The van der Waals surface area contributed by atoms with E-state index in [9.17, 15) is 9.90 Å². The summed E-state index contributed by atoms with van der Waals surface area (Å²) in [5, 5.41) is 18.1. The van der Waals surface area contributed by atoms with Gasteiger partial charge in [-0.1, -0.05) is 51.1 Å². The van der Waals surface area contributed by atoms with E-state index in [0.717, 1.165) is 43.3 Å². The number of carbonyl (C=O) groups is 1. The van der Waals surface area contributed by atoms with Gasteiger partial charge >= 0.3 is 0 Å². The van der Waals surface area contributed by atoms with Gasteiger partial charge in [-0.05, 0) is 31.1 Å². The van der Waals surface area contributed by atoms with Crippen molar-refractivity contribution in [2.45, 2.75) is 83.3 Å². The highest BCUT2D eigenvalue weighted by Gasteiger charge is 2.41. The third kappa shape index (κ3) is 5.32. The number of amides is 1. The largest absolute Gasteiger partial charge is 0.379 e. The van der Waals surface area contributed by atoms with Gasteiger partial charge in [0.05, 0.1) is 12.2 Å². The zero-order chi connectivity index (χ0) is 19.3. The van der Waals surface area contributed by atoms with Gasteiger partial charge in [0.25, 0.3) is 5.91 Å². The molecule has 152 valence electrons. The lowest BCUT2D eigenvalue weighted by Gasteiger charge is -2.39. The third-order valence-corrected chi connectivity index (χ3v) is 6.12. The molecular formula is C21H35N3O3. The summed E-state index contributed by atoms with van der Waals surface area (Å²) in [7, 11) is 0. The van der Waals surface area contributed by atoms with Crippen LogP contribution in [0.4, 0.5) is 0 Å². The molecule has 1 saturated heterocycles. The molecule has 0 aromatic carbocycles. The Bertz CT molecular complexity index is 610. The summed E-state index contributed by atoms with van der Waals surface area (Å²) < 4.78 is 5.31. The number of piperidine rings is 1. The average Bonchev–Trinajstić information content (AvgIpc) is 3.13. The van der Waals surface area contributed by atoms with Gasteiger partial charge in [0.15, 0.2) is 11.4 Å².